The Morgan fingerprint density at radius 2 is 2.40 bits per heavy atom. The third kappa shape index (κ3) is 2.19. The third-order valence-corrected chi connectivity index (χ3v) is 3.03. The van der Waals surface area contributed by atoms with E-state index < -0.39 is 0 Å². The van der Waals surface area contributed by atoms with Crippen molar-refractivity contribution in [2.75, 3.05) is 7.11 Å². The van der Waals surface area contributed by atoms with Gasteiger partial charge in [-0.2, -0.15) is 5.26 Å². The number of aliphatic imine (C=N–C) groups is 1. The molecule has 0 radical (unpaired) electrons. The fraction of sp³-hybridized carbons (Fsp3) is 0.818. The summed E-state index contributed by atoms with van der Waals surface area (Å²) in [5, 5.41) is 8.75. The van der Waals surface area contributed by atoms with Crippen LogP contribution in [0, 0.1) is 17.2 Å². The molecule has 0 aromatic rings. The van der Waals surface area contributed by atoms with Crippen molar-refractivity contribution in [2.45, 2.75) is 44.6 Å². The number of hydrogen-bond donors (Lipinski definition) is 0. The monoisotopic (exact) mass is 208 g/mol. The van der Waals surface area contributed by atoms with Gasteiger partial charge in [0.2, 0.25) is 0 Å². The van der Waals surface area contributed by atoms with Crippen LogP contribution in [0.5, 0.6) is 0 Å². The second-order valence-corrected chi connectivity index (χ2v) is 4.20. The number of rotatable bonds is 3. The van der Waals surface area contributed by atoms with E-state index in [-0.39, 0.29) is 18.3 Å². The molecule has 15 heavy (non-hydrogen) atoms. The van der Waals surface area contributed by atoms with Gasteiger partial charge in [0, 0.05) is 25.5 Å². The maximum Gasteiger partial charge on any atom is 0.190 e. The number of nitriles is 1. The Bertz CT molecular complexity index is 308. The van der Waals surface area contributed by atoms with Crippen molar-refractivity contribution in [3.05, 3.63) is 0 Å². The van der Waals surface area contributed by atoms with Crippen LogP contribution in [0.4, 0.5) is 0 Å². The van der Waals surface area contributed by atoms with Gasteiger partial charge in [0.25, 0.3) is 0 Å². The maximum atomic E-state index is 8.75. The molecular formula is C11H16N2O2. The van der Waals surface area contributed by atoms with Crippen LogP contribution in [0.15, 0.2) is 4.99 Å². The molecule has 2 aliphatic heterocycles. The average molecular weight is 208 g/mol. The second-order valence-electron chi connectivity index (χ2n) is 4.20. The van der Waals surface area contributed by atoms with Crippen LogP contribution in [0.1, 0.15) is 26.2 Å². The van der Waals surface area contributed by atoms with Gasteiger partial charge in [0.05, 0.1) is 11.8 Å². The lowest BCUT2D eigenvalue weighted by molar-refractivity contribution is 0.0950. The summed E-state index contributed by atoms with van der Waals surface area (Å²) in [5.74, 6) is 0.274. The topological polar surface area (TPSA) is 57.9 Å². The molecule has 0 bridgehead atoms. The molecule has 0 saturated carbocycles. The number of ether oxygens (including phenoxy) is 2. The van der Waals surface area contributed by atoms with Crippen molar-refractivity contribution in [1.82, 2.24) is 0 Å². The van der Waals surface area contributed by atoms with E-state index in [2.05, 4.69) is 18.0 Å². The predicted molar refractivity (Wildman–Crippen MR) is 55.5 cm³/mol. The van der Waals surface area contributed by atoms with Gasteiger partial charge in [-0.15, -0.1) is 0 Å². The van der Waals surface area contributed by atoms with E-state index in [1.54, 1.807) is 7.11 Å². The molecule has 2 aliphatic rings. The van der Waals surface area contributed by atoms with Crippen molar-refractivity contribution >= 4 is 5.71 Å². The fourth-order valence-corrected chi connectivity index (χ4v) is 2.12. The predicted octanol–water partition coefficient (Wildman–Crippen LogP) is 1.51. The van der Waals surface area contributed by atoms with Gasteiger partial charge in [-0.3, -0.25) is 4.99 Å². The molecule has 0 aliphatic carbocycles. The molecular weight excluding hydrogens is 192 g/mol. The molecule has 1 fully saturated rings. The minimum absolute atomic E-state index is 0.0103. The van der Waals surface area contributed by atoms with E-state index in [4.69, 9.17) is 14.7 Å². The summed E-state index contributed by atoms with van der Waals surface area (Å²) < 4.78 is 10.5. The summed E-state index contributed by atoms with van der Waals surface area (Å²) >= 11 is 0. The lowest BCUT2D eigenvalue weighted by Gasteiger charge is -2.23. The fourth-order valence-electron chi connectivity index (χ4n) is 2.12. The Morgan fingerprint density at radius 3 is 3.00 bits per heavy atom. The number of epoxide rings is 1. The van der Waals surface area contributed by atoms with E-state index >= 15 is 0 Å². The smallest absolute Gasteiger partial charge is 0.190 e. The molecule has 4 atom stereocenters. The molecule has 4 unspecified atom stereocenters. The van der Waals surface area contributed by atoms with Gasteiger partial charge in [-0.05, 0) is 19.8 Å². The van der Waals surface area contributed by atoms with Crippen molar-refractivity contribution in [1.29, 1.82) is 5.26 Å². The first-order valence-corrected chi connectivity index (χ1v) is 5.39. The van der Waals surface area contributed by atoms with Gasteiger partial charge in [0.15, 0.2) is 6.29 Å². The number of nitrogens with zero attached hydrogens (tertiary/aromatic N) is 2. The molecule has 0 spiro atoms. The summed E-state index contributed by atoms with van der Waals surface area (Å²) in [6, 6.07) is 2.58. The maximum absolute atomic E-state index is 8.75. The zero-order valence-electron chi connectivity index (χ0n) is 9.14. The standard InChI is InChI=1S/C11H16N2O2/c1-7-3-4-8(5-6-12)9(13-7)10-11(14-2)15-10/h7-8,10-11H,3-5H2,1-2H3. The van der Waals surface area contributed by atoms with Crippen LogP contribution in [0.3, 0.4) is 0 Å². The SMILES string of the molecule is COC1OC1C1=NC(C)CCC1CC#N. The number of methoxy groups -OCH3 is 1. The van der Waals surface area contributed by atoms with Crippen LogP contribution >= 0.6 is 0 Å². The van der Waals surface area contributed by atoms with Crippen LogP contribution in [0.25, 0.3) is 0 Å². The highest BCUT2D eigenvalue weighted by Gasteiger charge is 2.46. The van der Waals surface area contributed by atoms with Crippen molar-refractivity contribution < 1.29 is 9.47 Å². The van der Waals surface area contributed by atoms with Crippen LogP contribution in [-0.2, 0) is 9.47 Å². The highest BCUT2D eigenvalue weighted by atomic mass is 16.8. The van der Waals surface area contributed by atoms with Crippen molar-refractivity contribution in [3.63, 3.8) is 0 Å². The minimum atomic E-state index is -0.129. The molecule has 2 rings (SSSR count). The quantitative estimate of drug-likeness (QED) is 0.660. The molecule has 4 nitrogen and oxygen atoms in total. The van der Waals surface area contributed by atoms with Gasteiger partial charge < -0.3 is 9.47 Å². The molecule has 4 heteroatoms. The Kier molecular flexibility index (Phi) is 3.03. The van der Waals surface area contributed by atoms with Gasteiger partial charge in [0.1, 0.15) is 6.10 Å². The zero-order valence-corrected chi connectivity index (χ0v) is 9.14. The van der Waals surface area contributed by atoms with E-state index in [1.165, 1.54) is 0 Å². The minimum Gasteiger partial charge on any atom is -0.353 e. The van der Waals surface area contributed by atoms with Crippen LogP contribution in [-0.4, -0.2) is 31.3 Å². The van der Waals surface area contributed by atoms with Crippen molar-refractivity contribution in [3.8, 4) is 6.07 Å². The average Bonchev–Trinajstić information content (AvgIpc) is 3.00. The van der Waals surface area contributed by atoms with Gasteiger partial charge in [-0.25, -0.2) is 0 Å². The van der Waals surface area contributed by atoms with Gasteiger partial charge >= 0.3 is 0 Å². The summed E-state index contributed by atoms with van der Waals surface area (Å²) in [5.41, 5.74) is 1.04. The Morgan fingerprint density at radius 1 is 1.60 bits per heavy atom. The summed E-state index contributed by atoms with van der Waals surface area (Å²) in [4.78, 5) is 4.60. The summed E-state index contributed by atoms with van der Waals surface area (Å²) in [7, 11) is 1.64. The molecule has 82 valence electrons. The second kappa shape index (κ2) is 4.30. The van der Waals surface area contributed by atoms with E-state index in [0.717, 1.165) is 18.6 Å². The van der Waals surface area contributed by atoms with Crippen LogP contribution in [0.2, 0.25) is 0 Å². The Balaban J connectivity index is 2.07. The molecule has 0 amide bonds. The summed E-state index contributed by atoms with van der Waals surface area (Å²) in [6.07, 6.45) is 2.54. The largest absolute Gasteiger partial charge is 0.353 e. The van der Waals surface area contributed by atoms with E-state index in [9.17, 15) is 0 Å². The highest BCUT2D eigenvalue weighted by molar-refractivity contribution is 5.93. The first kappa shape index (κ1) is 10.6. The third-order valence-electron chi connectivity index (χ3n) is 3.03. The van der Waals surface area contributed by atoms with Crippen LogP contribution < -0.4 is 0 Å². The van der Waals surface area contributed by atoms with E-state index in [1.807, 2.05) is 0 Å². The highest BCUT2D eigenvalue weighted by Crippen LogP contribution is 2.33. The zero-order chi connectivity index (χ0) is 10.8. The van der Waals surface area contributed by atoms with Gasteiger partial charge in [-0.1, -0.05) is 0 Å². The molecule has 0 N–H and O–H groups in total. The van der Waals surface area contributed by atoms with Crippen molar-refractivity contribution in [2.24, 2.45) is 10.9 Å². The first-order chi connectivity index (χ1) is 7.26. The molecule has 0 aromatic heterocycles. The summed E-state index contributed by atoms with van der Waals surface area (Å²) in [6.45, 7) is 2.10. The lowest BCUT2D eigenvalue weighted by atomic mass is 9.88. The first-order valence-electron chi connectivity index (χ1n) is 5.39. The molecule has 2 heterocycles. The molecule has 1 saturated heterocycles. The normalized spacial score (nSPS) is 39.4. The molecule has 0 aromatic carbocycles. The van der Waals surface area contributed by atoms with E-state index in [0.29, 0.717) is 12.5 Å². The Hall–Kier alpha value is -0.920. The number of hydrogen-bond acceptors (Lipinski definition) is 4. The lowest BCUT2D eigenvalue weighted by Crippen LogP contribution is -2.28. The Labute approximate surface area is 89.9 Å².